The highest BCUT2D eigenvalue weighted by Gasteiger charge is 2.35. The molecule has 2 rings (SSSR count). The van der Waals surface area contributed by atoms with Gasteiger partial charge in [-0.15, -0.1) is 11.3 Å². The van der Waals surface area contributed by atoms with Gasteiger partial charge in [-0.3, -0.25) is 0 Å². The Labute approximate surface area is 117 Å². The second-order valence-corrected chi connectivity index (χ2v) is 5.12. The van der Waals surface area contributed by atoms with Crippen LogP contribution in [0.5, 0.6) is 0 Å². The Morgan fingerprint density at radius 2 is 2.05 bits per heavy atom. The van der Waals surface area contributed by atoms with Crippen molar-refractivity contribution in [2.75, 3.05) is 6.54 Å². The quantitative estimate of drug-likeness (QED) is 0.674. The second-order valence-electron chi connectivity index (χ2n) is 4.18. The van der Waals surface area contributed by atoms with Crippen LogP contribution in [0.15, 0.2) is 29.8 Å². The van der Waals surface area contributed by atoms with Gasteiger partial charge in [-0.25, -0.2) is 9.37 Å². The van der Waals surface area contributed by atoms with E-state index in [0.717, 1.165) is 16.9 Å². The van der Waals surface area contributed by atoms with E-state index in [1.807, 2.05) is 0 Å². The largest absolute Gasteiger partial charge is 0.434 e. The Morgan fingerprint density at radius 3 is 2.75 bits per heavy atom. The molecule has 0 saturated heterocycles. The average molecular weight is 304 g/mol. The van der Waals surface area contributed by atoms with Gasteiger partial charge in [0.15, 0.2) is 5.69 Å². The number of nitrogens with zero attached hydrogens (tertiary/aromatic N) is 1. The third-order valence-corrected chi connectivity index (χ3v) is 3.51. The van der Waals surface area contributed by atoms with E-state index < -0.39 is 11.9 Å². The number of halogens is 4. The van der Waals surface area contributed by atoms with Gasteiger partial charge in [0.2, 0.25) is 0 Å². The van der Waals surface area contributed by atoms with Crippen molar-refractivity contribution >= 4 is 11.3 Å². The van der Waals surface area contributed by atoms with Crippen LogP contribution in [-0.2, 0) is 19.1 Å². The molecule has 0 aliphatic carbocycles. The van der Waals surface area contributed by atoms with Gasteiger partial charge in [-0.05, 0) is 30.7 Å². The fourth-order valence-corrected chi connectivity index (χ4v) is 2.51. The van der Waals surface area contributed by atoms with Crippen molar-refractivity contribution in [2.45, 2.75) is 19.1 Å². The van der Waals surface area contributed by atoms with Crippen molar-refractivity contribution < 1.29 is 17.6 Å². The number of benzene rings is 1. The minimum absolute atomic E-state index is 0.106. The van der Waals surface area contributed by atoms with E-state index in [9.17, 15) is 17.6 Å². The number of hydrogen-bond acceptors (Lipinski definition) is 3. The monoisotopic (exact) mass is 304 g/mol. The van der Waals surface area contributed by atoms with E-state index >= 15 is 0 Å². The topological polar surface area (TPSA) is 24.9 Å². The number of thiazole rings is 1. The van der Waals surface area contributed by atoms with E-state index in [1.165, 1.54) is 17.6 Å². The molecule has 0 bridgehead atoms. The van der Waals surface area contributed by atoms with Crippen LogP contribution >= 0.6 is 11.3 Å². The summed E-state index contributed by atoms with van der Waals surface area (Å²) in [5.74, 6) is -0.315. The van der Waals surface area contributed by atoms with Crippen molar-refractivity contribution in [3.63, 3.8) is 0 Å². The van der Waals surface area contributed by atoms with E-state index in [4.69, 9.17) is 0 Å². The van der Waals surface area contributed by atoms with Gasteiger partial charge in [-0.2, -0.15) is 13.2 Å². The first kappa shape index (κ1) is 14.9. The van der Waals surface area contributed by atoms with Gasteiger partial charge in [0, 0.05) is 6.54 Å². The van der Waals surface area contributed by atoms with E-state index in [-0.39, 0.29) is 17.2 Å². The summed E-state index contributed by atoms with van der Waals surface area (Å²) in [5, 5.41) is 2.92. The maximum absolute atomic E-state index is 12.9. The van der Waals surface area contributed by atoms with E-state index in [1.54, 1.807) is 12.1 Å². The summed E-state index contributed by atoms with van der Waals surface area (Å²) in [6.07, 6.45) is -3.86. The molecule has 0 aliphatic rings. The molecule has 2 aromatic rings. The van der Waals surface area contributed by atoms with Gasteiger partial charge in [0.25, 0.3) is 0 Å². The first-order valence-electron chi connectivity index (χ1n) is 5.91. The number of alkyl halides is 3. The third kappa shape index (κ3) is 4.01. The Hall–Kier alpha value is -1.47. The predicted octanol–water partition coefficient (Wildman–Crippen LogP) is 3.63. The van der Waals surface area contributed by atoms with Crippen molar-refractivity contribution in [2.24, 2.45) is 0 Å². The van der Waals surface area contributed by atoms with Crippen LogP contribution < -0.4 is 5.32 Å². The van der Waals surface area contributed by atoms with Crippen LogP contribution in [0.4, 0.5) is 17.6 Å². The van der Waals surface area contributed by atoms with Crippen molar-refractivity contribution in [3.05, 3.63) is 51.7 Å². The molecule has 0 spiro atoms. The molecule has 0 radical (unpaired) electrons. The highest BCUT2D eigenvalue weighted by Crippen LogP contribution is 2.32. The molecule has 0 unspecified atom stereocenters. The number of rotatable bonds is 5. The van der Waals surface area contributed by atoms with Crippen LogP contribution in [0.1, 0.15) is 16.1 Å². The second kappa shape index (κ2) is 6.32. The van der Waals surface area contributed by atoms with Crippen molar-refractivity contribution in [3.8, 4) is 0 Å². The molecular formula is C13H12F4N2S. The summed E-state index contributed by atoms with van der Waals surface area (Å²) in [4.78, 5) is 3.50. The van der Waals surface area contributed by atoms with Crippen LogP contribution in [0.25, 0.3) is 0 Å². The molecule has 1 heterocycles. The molecule has 1 aromatic heterocycles. The normalized spacial score (nSPS) is 11.8. The molecule has 0 saturated carbocycles. The van der Waals surface area contributed by atoms with Crippen LogP contribution in [-0.4, -0.2) is 11.5 Å². The number of aromatic nitrogens is 1. The lowest BCUT2D eigenvalue weighted by atomic mass is 10.1. The summed E-state index contributed by atoms with van der Waals surface area (Å²) in [6, 6.07) is 6.15. The van der Waals surface area contributed by atoms with Crippen LogP contribution in [0.3, 0.4) is 0 Å². The van der Waals surface area contributed by atoms with Crippen molar-refractivity contribution in [1.29, 1.82) is 0 Å². The molecule has 0 atom stereocenters. The summed E-state index contributed by atoms with van der Waals surface area (Å²) >= 11 is 0.972. The fraction of sp³-hybridized carbons (Fsp3) is 0.308. The maximum atomic E-state index is 12.9. The molecule has 2 nitrogen and oxygen atoms in total. The summed E-state index contributed by atoms with van der Waals surface area (Å²) in [7, 11) is 0. The van der Waals surface area contributed by atoms with E-state index in [2.05, 4.69) is 10.3 Å². The Kier molecular flexibility index (Phi) is 4.72. The van der Waals surface area contributed by atoms with Gasteiger partial charge < -0.3 is 5.32 Å². The SMILES string of the molecule is Fc1cccc(CCNCc2scnc2C(F)(F)F)c1. The minimum Gasteiger partial charge on any atom is -0.311 e. The Morgan fingerprint density at radius 1 is 1.25 bits per heavy atom. The molecular weight excluding hydrogens is 292 g/mol. The van der Waals surface area contributed by atoms with Gasteiger partial charge in [0.1, 0.15) is 5.82 Å². The Balaban J connectivity index is 1.84. The predicted molar refractivity (Wildman–Crippen MR) is 68.9 cm³/mol. The third-order valence-electron chi connectivity index (χ3n) is 2.67. The first-order valence-corrected chi connectivity index (χ1v) is 6.79. The van der Waals surface area contributed by atoms with Crippen molar-refractivity contribution in [1.82, 2.24) is 10.3 Å². The summed E-state index contributed by atoms with van der Waals surface area (Å²) in [6.45, 7) is 0.577. The van der Waals surface area contributed by atoms with Crippen LogP contribution in [0, 0.1) is 5.82 Å². The zero-order valence-electron chi connectivity index (χ0n) is 10.4. The van der Waals surface area contributed by atoms with Gasteiger partial charge in [0.05, 0.1) is 10.4 Å². The maximum Gasteiger partial charge on any atom is 0.434 e. The number of hydrogen-bond donors (Lipinski definition) is 1. The lowest BCUT2D eigenvalue weighted by molar-refractivity contribution is -0.141. The molecule has 0 aliphatic heterocycles. The lowest BCUT2D eigenvalue weighted by Gasteiger charge is -2.07. The smallest absolute Gasteiger partial charge is 0.311 e. The molecule has 0 fully saturated rings. The lowest BCUT2D eigenvalue weighted by Crippen LogP contribution is -2.19. The molecule has 0 amide bonds. The average Bonchev–Trinajstić information content (AvgIpc) is 2.83. The molecule has 1 N–H and O–H groups in total. The molecule has 20 heavy (non-hydrogen) atoms. The standard InChI is InChI=1S/C13H12F4N2S/c14-10-3-1-2-9(6-10)4-5-18-7-11-12(13(15,16)17)19-8-20-11/h1-3,6,8,18H,4-5,7H2. The molecule has 1 aromatic carbocycles. The van der Waals surface area contributed by atoms with E-state index in [0.29, 0.717) is 13.0 Å². The molecule has 7 heteroatoms. The zero-order valence-corrected chi connectivity index (χ0v) is 11.2. The van der Waals surface area contributed by atoms with Gasteiger partial charge >= 0.3 is 6.18 Å². The Bertz CT molecular complexity index is 565. The van der Waals surface area contributed by atoms with Crippen LogP contribution in [0.2, 0.25) is 0 Å². The first-order chi connectivity index (χ1) is 9.47. The summed E-state index contributed by atoms with van der Waals surface area (Å²) in [5.41, 5.74) is 1.16. The van der Waals surface area contributed by atoms with Gasteiger partial charge in [-0.1, -0.05) is 12.1 Å². The fourth-order valence-electron chi connectivity index (χ4n) is 1.75. The zero-order chi connectivity index (χ0) is 14.6. The highest BCUT2D eigenvalue weighted by atomic mass is 32.1. The number of nitrogens with one attached hydrogen (secondary N) is 1. The summed E-state index contributed by atoms with van der Waals surface area (Å²) < 4.78 is 50.7. The minimum atomic E-state index is -4.42. The highest BCUT2D eigenvalue weighted by molar-refractivity contribution is 7.09. The molecule has 108 valence electrons.